The number of carbonyl (C=O) groups is 1. The normalized spacial score (nSPS) is 10.4. The lowest BCUT2D eigenvalue weighted by molar-refractivity contribution is 0.0951. The molecule has 0 aliphatic rings. The van der Waals surface area contributed by atoms with E-state index in [1.165, 1.54) is 0 Å². The van der Waals surface area contributed by atoms with Gasteiger partial charge in [-0.1, -0.05) is 12.1 Å². The first-order chi connectivity index (χ1) is 9.20. The number of thiazole rings is 1. The van der Waals surface area contributed by atoms with Crippen LogP contribution in [0.3, 0.4) is 0 Å². The van der Waals surface area contributed by atoms with Crippen molar-refractivity contribution in [2.75, 3.05) is 13.2 Å². The van der Waals surface area contributed by atoms with Crippen LogP contribution in [0, 0.1) is 6.92 Å². The van der Waals surface area contributed by atoms with Gasteiger partial charge in [0.25, 0.3) is 5.91 Å². The van der Waals surface area contributed by atoms with Crippen LogP contribution in [0.25, 0.3) is 10.6 Å². The molecule has 0 saturated heterocycles. The van der Waals surface area contributed by atoms with Crippen molar-refractivity contribution in [2.24, 2.45) is 0 Å². The molecule has 4 nitrogen and oxygen atoms in total. The number of amides is 1. The van der Waals surface area contributed by atoms with Crippen molar-refractivity contribution < 1.29 is 9.90 Å². The zero-order valence-electron chi connectivity index (χ0n) is 10.7. The molecule has 2 N–H and O–H groups in total. The van der Waals surface area contributed by atoms with Gasteiger partial charge in [0.1, 0.15) is 5.01 Å². The molecule has 0 bridgehead atoms. The van der Waals surface area contributed by atoms with Crippen molar-refractivity contribution >= 4 is 17.2 Å². The van der Waals surface area contributed by atoms with E-state index in [-0.39, 0.29) is 12.5 Å². The Hall–Kier alpha value is -1.72. The van der Waals surface area contributed by atoms with Crippen molar-refractivity contribution in [1.29, 1.82) is 0 Å². The van der Waals surface area contributed by atoms with Crippen molar-refractivity contribution in [2.45, 2.75) is 13.3 Å². The van der Waals surface area contributed by atoms with Crippen LogP contribution in [0.4, 0.5) is 0 Å². The van der Waals surface area contributed by atoms with Crippen molar-refractivity contribution in [3.05, 3.63) is 40.9 Å². The number of aryl methyl sites for hydroxylation is 1. The van der Waals surface area contributed by atoms with Gasteiger partial charge in [-0.3, -0.25) is 4.79 Å². The molecule has 0 unspecified atom stereocenters. The van der Waals surface area contributed by atoms with Crippen LogP contribution >= 0.6 is 11.3 Å². The fraction of sp³-hybridized carbons (Fsp3) is 0.286. The second-order valence-corrected chi connectivity index (χ2v) is 5.07. The smallest absolute Gasteiger partial charge is 0.251 e. The van der Waals surface area contributed by atoms with Gasteiger partial charge in [-0.15, -0.1) is 11.3 Å². The van der Waals surface area contributed by atoms with Crippen LogP contribution in [0.1, 0.15) is 22.5 Å². The van der Waals surface area contributed by atoms with E-state index in [1.54, 1.807) is 17.4 Å². The van der Waals surface area contributed by atoms with E-state index in [9.17, 15) is 4.79 Å². The topological polar surface area (TPSA) is 62.2 Å². The Bertz CT molecular complexity index is 566. The first kappa shape index (κ1) is 13.7. The van der Waals surface area contributed by atoms with Crippen LogP contribution in [0.2, 0.25) is 0 Å². The minimum atomic E-state index is -0.122. The van der Waals surface area contributed by atoms with Crippen molar-refractivity contribution in [3.63, 3.8) is 0 Å². The summed E-state index contributed by atoms with van der Waals surface area (Å²) in [6, 6.07) is 7.42. The van der Waals surface area contributed by atoms with Crippen LogP contribution in [0.15, 0.2) is 29.6 Å². The molecule has 100 valence electrons. The summed E-state index contributed by atoms with van der Waals surface area (Å²) >= 11 is 1.57. The fourth-order valence-electron chi connectivity index (χ4n) is 1.66. The molecule has 0 saturated carbocycles. The number of aliphatic hydroxyl groups excluding tert-OH is 1. The van der Waals surface area contributed by atoms with Crippen molar-refractivity contribution in [1.82, 2.24) is 10.3 Å². The Balaban J connectivity index is 2.13. The second-order valence-electron chi connectivity index (χ2n) is 4.21. The Morgan fingerprint density at radius 3 is 3.00 bits per heavy atom. The molecule has 1 aromatic heterocycles. The summed E-state index contributed by atoms with van der Waals surface area (Å²) in [7, 11) is 0. The molecule has 0 radical (unpaired) electrons. The largest absolute Gasteiger partial charge is 0.396 e. The van der Waals surface area contributed by atoms with E-state index in [4.69, 9.17) is 5.11 Å². The zero-order valence-corrected chi connectivity index (χ0v) is 11.5. The number of nitrogens with zero attached hydrogens (tertiary/aromatic N) is 1. The monoisotopic (exact) mass is 276 g/mol. The number of benzene rings is 1. The minimum absolute atomic E-state index is 0.0821. The fourth-order valence-corrected chi connectivity index (χ4v) is 2.46. The third-order valence-electron chi connectivity index (χ3n) is 2.61. The zero-order chi connectivity index (χ0) is 13.7. The van der Waals surface area contributed by atoms with Gasteiger partial charge in [-0.2, -0.15) is 0 Å². The summed E-state index contributed by atoms with van der Waals surface area (Å²) in [5, 5.41) is 14.4. The lowest BCUT2D eigenvalue weighted by Crippen LogP contribution is -2.24. The van der Waals surface area contributed by atoms with E-state index in [2.05, 4.69) is 10.3 Å². The summed E-state index contributed by atoms with van der Waals surface area (Å²) < 4.78 is 0. The third-order valence-corrected chi connectivity index (χ3v) is 3.62. The highest BCUT2D eigenvalue weighted by Gasteiger charge is 2.08. The lowest BCUT2D eigenvalue weighted by Gasteiger charge is -2.05. The second kappa shape index (κ2) is 6.45. The Morgan fingerprint density at radius 2 is 2.32 bits per heavy atom. The number of aliphatic hydroxyl groups is 1. The molecule has 0 spiro atoms. The van der Waals surface area contributed by atoms with Crippen LogP contribution in [-0.2, 0) is 0 Å². The lowest BCUT2D eigenvalue weighted by atomic mass is 10.1. The first-order valence-corrected chi connectivity index (χ1v) is 7.00. The summed E-state index contributed by atoms with van der Waals surface area (Å²) in [6.45, 7) is 2.51. The molecule has 0 aliphatic carbocycles. The Morgan fingerprint density at radius 1 is 1.47 bits per heavy atom. The quantitative estimate of drug-likeness (QED) is 0.823. The van der Waals surface area contributed by atoms with Gasteiger partial charge < -0.3 is 10.4 Å². The van der Waals surface area contributed by atoms with Crippen LogP contribution in [0.5, 0.6) is 0 Å². The maximum absolute atomic E-state index is 11.9. The number of carbonyl (C=O) groups excluding carboxylic acids is 1. The summed E-state index contributed by atoms with van der Waals surface area (Å²) in [4.78, 5) is 16.3. The van der Waals surface area contributed by atoms with Gasteiger partial charge in [-0.05, 0) is 25.5 Å². The van der Waals surface area contributed by atoms with Gasteiger partial charge in [0.15, 0.2) is 0 Å². The van der Waals surface area contributed by atoms with Gasteiger partial charge in [0.05, 0.1) is 0 Å². The van der Waals surface area contributed by atoms with E-state index < -0.39 is 0 Å². The van der Waals surface area contributed by atoms with E-state index in [0.29, 0.717) is 18.5 Å². The van der Waals surface area contributed by atoms with Crippen LogP contribution < -0.4 is 5.32 Å². The van der Waals surface area contributed by atoms with E-state index in [1.807, 2.05) is 30.5 Å². The number of nitrogens with one attached hydrogen (secondary N) is 1. The van der Waals surface area contributed by atoms with Gasteiger partial charge >= 0.3 is 0 Å². The molecule has 2 rings (SSSR count). The Kier molecular flexibility index (Phi) is 4.65. The van der Waals surface area contributed by atoms with Gasteiger partial charge in [-0.25, -0.2) is 4.98 Å². The highest BCUT2D eigenvalue weighted by atomic mass is 32.1. The first-order valence-electron chi connectivity index (χ1n) is 6.12. The Labute approximate surface area is 116 Å². The summed E-state index contributed by atoms with van der Waals surface area (Å²) in [5.41, 5.74) is 2.55. The number of rotatable bonds is 5. The predicted octanol–water partition coefficient (Wildman–Crippen LogP) is 2.23. The van der Waals surface area contributed by atoms with Crippen molar-refractivity contribution in [3.8, 4) is 10.6 Å². The number of hydrogen-bond acceptors (Lipinski definition) is 4. The maximum atomic E-state index is 11.9. The molecule has 19 heavy (non-hydrogen) atoms. The molecule has 0 aliphatic heterocycles. The molecule has 1 aromatic carbocycles. The number of hydrogen-bond donors (Lipinski definition) is 2. The molecule has 5 heteroatoms. The predicted molar refractivity (Wildman–Crippen MR) is 76.3 cm³/mol. The summed E-state index contributed by atoms with van der Waals surface area (Å²) in [6.07, 6.45) is 0.567. The average Bonchev–Trinajstić information content (AvgIpc) is 2.86. The molecule has 1 amide bonds. The summed E-state index contributed by atoms with van der Waals surface area (Å²) in [5.74, 6) is -0.122. The third kappa shape index (κ3) is 3.62. The average molecular weight is 276 g/mol. The number of aromatic nitrogens is 1. The van der Waals surface area contributed by atoms with E-state index in [0.717, 1.165) is 16.3 Å². The molecule has 0 atom stereocenters. The molecule has 1 heterocycles. The minimum Gasteiger partial charge on any atom is -0.396 e. The van der Waals surface area contributed by atoms with Crippen LogP contribution in [-0.4, -0.2) is 29.1 Å². The SMILES string of the molecule is Cc1csc(-c2cccc(C(=O)NCCCO)c2)n1. The molecular formula is C14H16N2O2S. The maximum Gasteiger partial charge on any atom is 0.251 e. The molecule has 0 fully saturated rings. The highest BCUT2D eigenvalue weighted by molar-refractivity contribution is 7.13. The van der Waals surface area contributed by atoms with Gasteiger partial charge in [0.2, 0.25) is 0 Å². The molecular weight excluding hydrogens is 260 g/mol. The highest BCUT2D eigenvalue weighted by Crippen LogP contribution is 2.24. The van der Waals surface area contributed by atoms with Gasteiger partial charge in [0, 0.05) is 35.4 Å². The van der Waals surface area contributed by atoms with E-state index >= 15 is 0 Å². The molecule has 2 aromatic rings. The standard InChI is InChI=1S/C14H16N2O2S/c1-10-9-19-14(16-10)12-5-2-4-11(8-12)13(18)15-6-3-7-17/h2,4-5,8-9,17H,3,6-7H2,1H3,(H,15,18).